The lowest BCUT2D eigenvalue weighted by molar-refractivity contribution is -0.106. The van der Waals surface area contributed by atoms with Crippen molar-refractivity contribution < 1.29 is 9.36 Å². The van der Waals surface area contributed by atoms with Crippen LogP contribution in [0.25, 0.3) is 11.6 Å². The zero-order valence-corrected chi connectivity index (χ0v) is 17.0. The molecule has 24 heavy (non-hydrogen) atoms. The van der Waals surface area contributed by atoms with Crippen molar-refractivity contribution in [2.75, 3.05) is 5.09 Å². The maximum absolute atomic E-state index is 11.9. The molecule has 128 valence electrons. The molecule has 1 aromatic heterocycles. The summed E-state index contributed by atoms with van der Waals surface area (Å²) in [6.07, 6.45) is 1.71. The second-order valence-corrected chi connectivity index (χ2v) is 11.0. The highest BCUT2D eigenvalue weighted by Crippen LogP contribution is 2.56. The molecule has 2 rings (SSSR count). The number of allylic oxidation sites excluding steroid dienone is 1. The smallest absolute Gasteiger partial charge is 0.288 e. The molecule has 0 aliphatic heterocycles. The first kappa shape index (κ1) is 19.5. The number of hydrogen-bond donors (Lipinski definition) is 1. The average molecular weight is 424 g/mol. The highest BCUT2D eigenvalue weighted by molar-refractivity contribution is 8.09. The molecule has 0 spiro atoms. The Morgan fingerprint density at radius 3 is 2.33 bits per heavy atom. The first-order chi connectivity index (χ1) is 11.1. The van der Waals surface area contributed by atoms with Crippen molar-refractivity contribution in [2.24, 2.45) is 0 Å². The largest absolute Gasteiger partial charge is 0.345 e. The number of carbonyl (C=O) groups excluding carboxylic acids is 1. The summed E-state index contributed by atoms with van der Waals surface area (Å²) < 4.78 is 11.4. The third-order valence-electron chi connectivity index (χ3n) is 3.24. The summed E-state index contributed by atoms with van der Waals surface area (Å²) in [7, 11) is 0. The van der Waals surface area contributed by atoms with Gasteiger partial charge >= 0.3 is 6.00 Å². The van der Waals surface area contributed by atoms with Crippen molar-refractivity contribution in [2.45, 2.75) is 20.8 Å². The van der Waals surface area contributed by atoms with E-state index in [0.29, 0.717) is 5.69 Å². The van der Waals surface area contributed by atoms with Crippen LogP contribution >= 0.6 is 51.4 Å². The maximum atomic E-state index is 11.9. The fourth-order valence-corrected chi connectivity index (χ4v) is 4.71. The third-order valence-corrected chi connectivity index (χ3v) is 5.34. The van der Waals surface area contributed by atoms with Gasteiger partial charge in [0.15, 0.2) is 5.13 Å². The molecule has 9 heteroatoms. The van der Waals surface area contributed by atoms with Gasteiger partial charge in [0.1, 0.15) is 0 Å². The topological polar surface area (TPSA) is 59.1 Å². The Morgan fingerprint density at radius 2 is 1.83 bits per heavy atom. The van der Waals surface area contributed by atoms with Gasteiger partial charge in [-0.25, -0.2) is 4.98 Å². The van der Waals surface area contributed by atoms with E-state index in [1.54, 1.807) is 11.5 Å². The monoisotopic (exact) mass is 422 g/mol. The molecule has 4 nitrogen and oxygen atoms in total. The summed E-state index contributed by atoms with van der Waals surface area (Å²) >= 11 is 17.8. The summed E-state index contributed by atoms with van der Waals surface area (Å²) in [5.41, 5.74) is 4.72. The normalized spacial score (nSPS) is 12.3. The van der Waals surface area contributed by atoms with Gasteiger partial charge in [0.25, 0.3) is 5.24 Å². The van der Waals surface area contributed by atoms with Crippen molar-refractivity contribution >= 4 is 73.4 Å². The van der Waals surface area contributed by atoms with Gasteiger partial charge in [-0.15, -0.1) is 11.3 Å². The molecule has 1 aromatic carbocycles. The fraction of sp³-hybridized carbons (Fsp3) is 0.200. The number of halogens is 3. The van der Waals surface area contributed by atoms with Gasteiger partial charge < -0.3 is 0 Å². The minimum Gasteiger partial charge on any atom is -0.288 e. The minimum atomic E-state index is -3.51. The number of nitrogens with one attached hydrogen (secondary N) is 1. The van der Waals surface area contributed by atoms with Crippen LogP contribution in [0, 0.1) is 20.8 Å². The number of aromatic nitrogens is 1. The molecule has 0 bridgehead atoms. The van der Waals surface area contributed by atoms with Gasteiger partial charge in [0, 0.05) is 5.38 Å². The molecular formula is C15H14Cl3N2O2PS. The number of benzene rings is 1. The van der Waals surface area contributed by atoms with Gasteiger partial charge in [-0.2, -0.15) is 0 Å². The lowest BCUT2D eigenvalue weighted by atomic mass is 9.97. The van der Waals surface area contributed by atoms with Crippen LogP contribution in [0.1, 0.15) is 27.9 Å². The zero-order valence-electron chi connectivity index (χ0n) is 13.1. The van der Waals surface area contributed by atoms with Crippen LogP contribution < -0.4 is 5.09 Å². The molecule has 0 radical (unpaired) electrons. The predicted octanol–water partition coefficient (Wildman–Crippen LogP) is 6.37. The van der Waals surface area contributed by atoms with Crippen LogP contribution in [-0.2, 0) is 9.36 Å². The van der Waals surface area contributed by atoms with E-state index in [0.717, 1.165) is 33.6 Å². The molecule has 2 aromatic rings. The average Bonchev–Trinajstić information content (AvgIpc) is 2.82. The van der Waals surface area contributed by atoms with E-state index in [2.05, 4.69) is 10.1 Å². The Kier molecular flexibility index (Phi) is 6.16. The van der Waals surface area contributed by atoms with E-state index in [-0.39, 0.29) is 10.7 Å². The molecule has 1 heterocycles. The van der Waals surface area contributed by atoms with Crippen LogP contribution in [0.5, 0.6) is 0 Å². The van der Waals surface area contributed by atoms with Crippen molar-refractivity contribution in [3.05, 3.63) is 45.5 Å². The Bertz CT molecular complexity index is 850. The molecule has 0 saturated heterocycles. The van der Waals surface area contributed by atoms with Gasteiger partial charge in [0.05, 0.1) is 11.3 Å². The standard InChI is InChI=1S/C15H14Cl3N2O2PS/c1-8-4-9(2)11(10(3)5-8)6-12(14(16)21)13-7-24-15(19-13)20-23(17,18)22/h4-7H,1-3H3,(H,19,20,22)/b12-6-. The summed E-state index contributed by atoms with van der Waals surface area (Å²) in [5.74, 6) is -3.51. The van der Waals surface area contributed by atoms with E-state index >= 15 is 0 Å². The second kappa shape index (κ2) is 7.59. The lowest BCUT2D eigenvalue weighted by Crippen LogP contribution is -1.97. The molecule has 0 amide bonds. The molecule has 0 atom stereocenters. The number of thiazole rings is 1. The molecular weight excluding hydrogens is 410 g/mol. The number of carbonyl (C=O) groups is 1. The van der Waals surface area contributed by atoms with E-state index in [4.69, 9.17) is 34.1 Å². The Labute approximate surface area is 158 Å². The van der Waals surface area contributed by atoms with Crippen molar-refractivity contribution in [3.63, 3.8) is 0 Å². The van der Waals surface area contributed by atoms with Crippen LogP contribution in [0.4, 0.5) is 5.13 Å². The van der Waals surface area contributed by atoms with Crippen molar-refractivity contribution in [3.8, 4) is 0 Å². The van der Waals surface area contributed by atoms with Crippen molar-refractivity contribution in [1.82, 2.24) is 4.98 Å². The number of rotatable bonds is 5. The molecule has 0 aliphatic carbocycles. The fourth-order valence-electron chi connectivity index (χ4n) is 2.35. The molecule has 0 fully saturated rings. The minimum absolute atomic E-state index is 0.245. The first-order valence-electron chi connectivity index (χ1n) is 6.80. The maximum Gasteiger partial charge on any atom is 0.345 e. The van der Waals surface area contributed by atoms with E-state index in [1.165, 1.54) is 0 Å². The molecule has 0 saturated carbocycles. The van der Waals surface area contributed by atoms with Crippen molar-refractivity contribution in [1.29, 1.82) is 0 Å². The number of aryl methyl sites for hydroxylation is 3. The summed E-state index contributed by atoms with van der Waals surface area (Å²) in [4.78, 5) is 16.1. The highest BCUT2D eigenvalue weighted by atomic mass is 35.9. The molecule has 0 aliphatic rings. The van der Waals surface area contributed by atoms with Crippen LogP contribution in [0.2, 0.25) is 0 Å². The van der Waals surface area contributed by atoms with Crippen LogP contribution in [0.15, 0.2) is 17.5 Å². The number of anilines is 1. The summed E-state index contributed by atoms with van der Waals surface area (Å²) in [5, 5.41) is 3.64. The van der Waals surface area contributed by atoms with E-state index in [9.17, 15) is 9.36 Å². The summed E-state index contributed by atoms with van der Waals surface area (Å²) in [6.45, 7) is 5.94. The molecule has 0 unspecified atom stereocenters. The Morgan fingerprint density at radius 1 is 1.25 bits per heavy atom. The molecule has 1 N–H and O–H groups in total. The third kappa shape index (κ3) is 5.08. The second-order valence-electron chi connectivity index (χ2n) is 5.26. The Hall–Kier alpha value is -0.840. The first-order valence-corrected chi connectivity index (χ1v) is 11.6. The predicted molar refractivity (Wildman–Crippen MR) is 104 cm³/mol. The lowest BCUT2D eigenvalue weighted by Gasteiger charge is -2.08. The summed E-state index contributed by atoms with van der Waals surface area (Å²) in [6, 6.07) is 4.06. The zero-order chi connectivity index (χ0) is 18.1. The van der Waals surface area contributed by atoms with E-state index < -0.39 is 11.2 Å². The van der Waals surface area contributed by atoms with Gasteiger partial charge in [-0.1, -0.05) is 17.7 Å². The van der Waals surface area contributed by atoms with E-state index in [1.807, 2.05) is 32.9 Å². The SMILES string of the molecule is Cc1cc(C)c(/C=C(\C(=O)Cl)c2csc(NP(=O)(Cl)Cl)n2)c(C)c1. The number of hydrogen-bond acceptors (Lipinski definition) is 4. The van der Waals surface area contributed by atoms with Gasteiger partial charge in [0.2, 0.25) is 0 Å². The van der Waals surface area contributed by atoms with Gasteiger partial charge in [-0.3, -0.25) is 14.4 Å². The Balaban J connectivity index is 2.48. The highest BCUT2D eigenvalue weighted by Gasteiger charge is 2.19. The van der Waals surface area contributed by atoms with Gasteiger partial charge in [-0.05, 0) is 77.6 Å². The van der Waals surface area contributed by atoms with Crippen LogP contribution in [0.3, 0.4) is 0 Å². The van der Waals surface area contributed by atoms with Crippen LogP contribution in [-0.4, -0.2) is 10.2 Å². The quantitative estimate of drug-likeness (QED) is 0.345. The number of nitrogens with zero attached hydrogens (tertiary/aromatic N) is 1.